The van der Waals surface area contributed by atoms with E-state index in [2.05, 4.69) is 5.32 Å². The second kappa shape index (κ2) is 7.95. The molecule has 6 heteroatoms. The summed E-state index contributed by atoms with van der Waals surface area (Å²) in [7, 11) is 0. The second-order valence-corrected chi connectivity index (χ2v) is 6.36. The highest BCUT2D eigenvalue weighted by atomic mass is 16.5. The molecule has 6 nitrogen and oxygen atoms in total. The molecule has 1 saturated carbocycles. The van der Waals surface area contributed by atoms with Crippen molar-refractivity contribution in [1.82, 2.24) is 0 Å². The van der Waals surface area contributed by atoms with Gasteiger partial charge in [0.25, 0.3) is 0 Å². The van der Waals surface area contributed by atoms with Crippen LogP contribution in [0.1, 0.15) is 49.9 Å². The lowest BCUT2D eigenvalue weighted by Crippen LogP contribution is -2.36. The summed E-state index contributed by atoms with van der Waals surface area (Å²) in [4.78, 5) is 35.5. The fourth-order valence-electron chi connectivity index (χ4n) is 2.95. The Kier molecular flexibility index (Phi) is 5.95. The van der Waals surface area contributed by atoms with Crippen LogP contribution in [0.25, 0.3) is 0 Å². The van der Waals surface area contributed by atoms with Gasteiger partial charge < -0.3 is 15.2 Å². The Balaban J connectivity index is 2.01. The summed E-state index contributed by atoms with van der Waals surface area (Å²) in [6.45, 7) is 3.55. The van der Waals surface area contributed by atoms with Gasteiger partial charge in [0.1, 0.15) is 0 Å². The number of anilines is 1. The number of ether oxygens (including phenoxy) is 1. The number of rotatable bonds is 5. The molecular formula is C18H23NO5. The van der Waals surface area contributed by atoms with E-state index in [9.17, 15) is 19.5 Å². The molecule has 0 heterocycles. The van der Waals surface area contributed by atoms with Crippen molar-refractivity contribution in [3.63, 3.8) is 0 Å². The molecule has 0 bridgehead atoms. The monoisotopic (exact) mass is 333 g/mol. The van der Waals surface area contributed by atoms with E-state index < -0.39 is 23.8 Å². The number of carboxylic acid groups (broad SMARTS) is 1. The molecule has 0 radical (unpaired) electrons. The number of carbonyl (C=O) groups excluding carboxylic acids is 2. The molecule has 1 aliphatic rings. The lowest BCUT2D eigenvalue weighted by molar-refractivity contribution is -0.147. The number of amides is 1. The normalized spacial score (nSPS) is 20.5. The van der Waals surface area contributed by atoms with Crippen LogP contribution in [0.2, 0.25) is 0 Å². The van der Waals surface area contributed by atoms with Crippen molar-refractivity contribution in [2.45, 2.75) is 45.6 Å². The van der Waals surface area contributed by atoms with E-state index in [1.165, 1.54) is 0 Å². The molecule has 0 aliphatic heterocycles. The van der Waals surface area contributed by atoms with E-state index in [1.807, 2.05) is 0 Å². The molecule has 2 rings (SSSR count). The summed E-state index contributed by atoms with van der Waals surface area (Å²) in [5, 5.41) is 12.0. The van der Waals surface area contributed by atoms with Crippen LogP contribution in [-0.4, -0.2) is 29.1 Å². The fraction of sp³-hybridized carbons (Fsp3) is 0.500. The van der Waals surface area contributed by atoms with Crippen LogP contribution in [0.4, 0.5) is 5.69 Å². The molecule has 24 heavy (non-hydrogen) atoms. The van der Waals surface area contributed by atoms with Gasteiger partial charge in [0, 0.05) is 5.69 Å². The van der Waals surface area contributed by atoms with Gasteiger partial charge in [0.2, 0.25) is 5.91 Å². The highest BCUT2D eigenvalue weighted by Crippen LogP contribution is 2.31. The molecule has 1 amide bonds. The van der Waals surface area contributed by atoms with Gasteiger partial charge in [0.05, 0.1) is 23.5 Å². The molecule has 0 spiro atoms. The lowest BCUT2D eigenvalue weighted by Gasteiger charge is -2.27. The highest BCUT2D eigenvalue weighted by molar-refractivity contribution is 5.96. The minimum absolute atomic E-state index is 0.198. The topological polar surface area (TPSA) is 92.7 Å². The van der Waals surface area contributed by atoms with Crippen LogP contribution in [-0.2, 0) is 14.3 Å². The predicted octanol–water partition coefficient (Wildman–Crippen LogP) is 3.08. The summed E-state index contributed by atoms with van der Waals surface area (Å²) in [6, 6.07) is 6.40. The number of hydrogen-bond acceptors (Lipinski definition) is 4. The van der Waals surface area contributed by atoms with Crippen molar-refractivity contribution in [3.8, 4) is 0 Å². The van der Waals surface area contributed by atoms with Crippen molar-refractivity contribution in [2.75, 3.05) is 5.32 Å². The first kappa shape index (κ1) is 18.0. The summed E-state index contributed by atoms with van der Waals surface area (Å²) in [5.74, 6) is -2.75. The minimum atomic E-state index is -0.915. The van der Waals surface area contributed by atoms with Crippen LogP contribution < -0.4 is 5.32 Å². The Morgan fingerprint density at radius 1 is 1.08 bits per heavy atom. The van der Waals surface area contributed by atoms with Crippen LogP contribution >= 0.6 is 0 Å². The van der Waals surface area contributed by atoms with Crippen LogP contribution in [0.3, 0.4) is 0 Å². The number of carboxylic acids is 1. The van der Waals surface area contributed by atoms with E-state index in [4.69, 9.17) is 4.74 Å². The fourth-order valence-corrected chi connectivity index (χ4v) is 2.95. The third kappa shape index (κ3) is 4.57. The molecule has 0 aromatic heterocycles. The maximum atomic E-state index is 12.4. The van der Waals surface area contributed by atoms with Crippen molar-refractivity contribution in [3.05, 3.63) is 29.8 Å². The van der Waals surface area contributed by atoms with Gasteiger partial charge in [-0.2, -0.15) is 0 Å². The highest BCUT2D eigenvalue weighted by Gasteiger charge is 2.35. The quantitative estimate of drug-likeness (QED) is 0.808. The minimum Gasteiger partial charge on any atom is -0.481 e. The predicted molar refractivity (Wildman–Crippen MR) is 88.7 cm³/mol. The smallest absolute Gasteiger partial charge is 0.338 e. The van der Waals surface area contributed by atoms with Crippen LogP contribution in [0.15, 0.2) is 24.3 Å². The van der Waals surface area contributed by atoms with Crippen LogP contribution in [0.5, 0.6) is 0 Å². The lowest BCUT2D eigenvalue weighted by atomic mass is 9.78. The molecule has 2 atom stereocenters. The average molecular weight is 333 g/mol. The zero-order chi connectivity index (χ0) is 17.7. The van der Waals surface area contributed by atoms with Gasteiger partial charge in [-0.1, -0.05) is 12.8 Å². The first-order chi connectivity index (χ1) is 11.4. The van der Waals surface area contributed by atoms with E-state index in [-0.39, 0.29) is 12.0 Å². The van der Waals surface area contributed by atoms with E-state index >= 15 is 0 Å². The zero-order valence-electron chi connectivity index (χ0n) is 14.0. The third-order valence-corrected chi connectivity index (χ3v) is 4.15. The van der Waals surface area contributed by atoms with Crippen molar-refractivity contribution < 1.29 is 24.2 Å². The number of esters is 1. The van der Waals surface area contributed by atoms with Crippen LogP contribution in [0, 0.1) is 11.8 Å². The number of carbonyl (C=O) groups is 3. The molecule has 130 valence electrons. The van der Waals surface area contributed by atoms with Crippen molar-refractivity contribution in [2.24, 2.45) is 11.8 Å². The standard InChI is InChI=1S/C18H23NO5/c1-11(2)24-18(23)12-7-9-13(10-8-12)19-16(20)14-5-3-4-6-15(14)17(21)22/h7-11,14-15H,3-6H2,1-2H3,(H,19,20)(H,21,22)/t14-,15-/m0/s1. The molecule has 1 aliphatic carbocycles. The average Bonchev–Trinajstić information content (AvgIpc) is 2.54. The Morgan fingerprint density at radius 2 is 1.67 bits per heavy atom. The van der Waals surface area contributed by atoms with Crippen molar-refractivity contribution in [1.29, 1.82) is 0 Å². The second-order valence-electron chi connectivity index (χ2n) is 6.36. The summed E-state index contributed by atoms with van der Waals surface area (Å²) >= 11 is 0. The van der Waals surface area contributed by atoms with Gasteiger partial charge in [-0.25, -0.2) is 4.79 Å². The zero-order valence-corrected chi connectivity index (χ0v) is 14.0. The molecule has 1 aromatic rings. The Hall–Kier alpha value is -2.37. The maximum absolute atomic E-state index is 12.4. The van der Waals surface area contributed by atoms with Gasteiger partial charge in [-0.3, -0.25) is 9.59 Å². The van der Waals surface area contributed by atoms with Gasteiger partial charge in [-0.05, 0) is 51.0 Å². The Morgan fingerprint density at radius 3 is 2.21 bits per heavy atom. The number of nitrogens with one attached hydrogen (secondary N) is 1. The molecule has 1 aromatic carbocycles. The summed E-state index contributed by atoms with van der Waals surface area (Å²) in [6.07, 6.45) is 2.63. The maximum Gasteiger partial charge on any atom is 0.338 e. The molecule has 2 N–H and O–H groups in total. The van der Waals surface area contributed by atoms with Crippen molar-refractivity contribution >= 4 is 23.5 Å². The molecule has 0 unspecified atom stereocenters. The van der Waals surface area contributed by atoms with Gasteiger partial charge >= 0.3 is 11.9 Å². The Labute approximate surface area is 141 Å². The molecule has 1 fully saturated rings. The largest absolute Gasteiger partial charge is 0.481 e. The van der Waals surface area contributed by atoms with Gasteiger partial charge in [-0.15, -0.1) is 0 Å². The number of hydrogen-bond donors (Lipinski definition) is 2. The number of benzene rings is 1. The number of aliphatic carboxylic acids is 1. The molecular weight excluding hydrogens is 310 g/mol. The summed E-state index contributed by atoms with van der Waals surface area (Å²) in [5.41, 5.74) is 0.943. The van der Waals surface area contributed by atoms with E-state index in [0.717, 1.165) is 12.8 Å². The van der Waals surface area contributed by atoms with E-state index in [0.29, 0.717) is 24.1 Å². The van der Waals surface area contributed by atoms with Gasteiger partial charge in [0.15, 0.2) is 0 Å². The Bertz CT molecular complexity index is 608. The summed E-state index contributed by atoms with van der Waals surface area (Å²) < 4.78 is 5.10. The third-order valence-electron chi connectivity index (χ3n) is 4.15. The first-order valence-electron chi connectivity index (χ1n) is 8.23. The SMILES string of the molecule is CC(C)OC(=O)c1ccc(NC(=O)[C@H]2CCCC[C@@H]2C(=O)O)cc1. The molecule has 0 saturated heterocycles. The van der Waals surface area contributed by atoms with E-state index in [1.54, 1.807) is 38.1 Å². The first-order valence-corrected chi connectivity index (χ1v) is 8.23.